The van der Waals surface area contributed by atoms with Crippen molar-refractivity contribution in [1.29, 1.82) is 5.26 Å². The van der Waals surface area contributed by atoms with Gasteiger partial charge in [-0.05, 0) is 43.3 Å². The van der Waals surface area contributed by atoms with Crippen molar-refractivity contribution in [2.45, 2.75) is 19.4 Å². The van der Waals surface area contributed by atoms with Crippen molar-refractivity contribution in [3.05, 3.63) is 60.2 Å². The molecule has 0 spiro atoms. The Morgan fingerprint density at radius 3 is 2.34 bits per heavy atom. The highest BCUT2D eigenvalue weighted by Crippen LogP contribution is 2.16. The number of nitriles is 1. The summed E-state index contributed by atoms with van der Waals surface area (Å²) < 4.78 is 10.5. The number of carbonyl (C=O) groups is 3. The first-order chi connectivity index (χ1) is 13.9. The fourth-order valence-corrected chi connectivity index (χ4v) is 2.42. The van der Waals surface area contributed by atoms with Crippen LogP contribution in [0.15, 0.2) is 54.6 Å². The van der Waals surface area contributed by atoms with Crippen molar-refractivity contribution in [1.82, 2.24) is 0 Å². The molecule has 1 atom stereocenters. The van der Waals surface area contributed by atoms with E-state index >= 15 is 0 Å². The standard InChI is InChI=1S/C21H21N3O5/c1-15(29-18-9-7-16(13-22)8-10-18)21(27)28-14-20(26)24(12-11-19(23)25)17-5-3-2-4-6-17/h2-10,15H,11-12,14H2,1H3,(H2,23,25). The molecular formula is C21H21N3O5. The second-order valence-electron chi connectivity index (χ2n) is 6.10. The SMILES string of the molecule is CC(Oc1ccc(C#N)cc1)C(=O)OCC(=O)N(CCC(N)=O)c1ccccc1. The van der Waals surface area contributed by atoms with E-state index in [1.807, 2.05) is 6.07 Å². The van der Waals surface area contributed by atoms with E-state index in [-0.39, 0.29) is 13.0 Å². The first-order valence-corrected chi connectivity index (χ1v) is 8.88. The van der Waals surface area contributed by atoms with E-state index in [2.05, 4.69) is 0 Å². The number of rotatable bonds is 9. The second-order valence-corrected chi connectivity index (χ2v) is 6.10. The molecule has 8 heteroatoms. The lowest BCUT2D eigenvalue weighted by Gasteiger charge is -2.22. The van der Waals surface area contributed by atoms with Crippen LogP contribution in [-0.2, 0) is 19.1 Å². The maximum absolute atomic E-state index is 12.5. The first kappa shape index (κ1) is 21.4. The zero-order chi connectivity index (χ0) is 21.2. The van der Waals surface area contributed by atoms with Crippen LogP contribution in [0.2, 0.25) is 0 Å². The molecule has 0 aromatic heterocycles. The van der Waals surface area contributed by atoms with Gasteiger partial charge in [-0.2, -0.15) is 5.26 Å². The highest BCUT2D eigenvalue weighted by atomic mass is 16.6. The van der Waals surface area contributed by atoms with Crippen LogP contribution in [0.3, 0.4) is 0 Å². The third-order valence-electron chi connectivity index (χ3n) is 3.92. The van der Waals surface area contributed by atoms with Gasteiger partial charge in [-0.3, -0.25) is 9.59 Å². The van der Waals surface area contributed by atoms with Gasteiger partial charge in [0.15, 0.2) is 12.7 Å². The molecule has 2 aromatic carbocycles. The molecule has 0 radical (unpaired) electrons. The summed E-state index contributed by atoms with van der Waals surface area (Å²) >= 11 is 0. The van der Waals surface area contributed by atoms with Gasteiger partial charge in [0.25, 0.3) is 5.91 Å². The molecular weight excluding hydrogens is 374 g/mol. The van der Waals surface area contributed by atoms with Gasteiger partial charge in [0.05, 0.1) is 11.6 Å². The fraction of sp³-hybridized carbons (Fsp3) is 0.238. The molecule has 150 valence electrons. The summed E-state index contributed by atoms with van der Waals surface area (Å²) in [6.07, 6.45) is -0.973. The minimum absolute atomic E-state index is 0.0210. The van der Waals surface area contributed by atoms with Crippen LogP contribution in [0.5, 0.6) is 5.75 Å². The van der Waals surface area contributed by atoms with Crippen LogP contribution < -0.4 is 15.4 Å². The monoisotopic (exact) mass is 395 g/mol. The quantitative estimate of drug-likeness (QED) is 0.646. The number of amides is 2. The fourth-order valence-electron chi connectivity index (χ4n) is 2.42. The molecule has 0 bridgehead atoms. The molecule has 2 N–H and O–H groups in total. The topological polar surface area (TPSA) is 123 Å². The van der Waals surface area contributed by atoms with E-state index in [9.17, 15) is 14.4 Å². The molecule has 1 unspecified atom stereocenters. The van der Waals surface area contributed by atoms with Gasteiger partial charge in [0.2, 0.25) is 5.91 Å². The van der Waals surface area contributed by atoms with E-state index in [1.165, 1.54) is 11.8 Å². The van der Waals surface area contributed by atoms with E-state index < -0.39 is 30.5 Å². The van der Waals surface area contributed by atoms with Crippen LogP contribution in [0.25, 0.3) is 0 Å². The van der Waals surface area contributed by atoms with E-state index in [0.29, 0.717) is 17.0 Å². The van der Waals surface area contributed by atoms with Crippen molar-refractivity contribution in [3.8, 4) is 11.8 Å². The Morgan fingerprint density at radius 1 is 1.10 bits per heavy atom. The van der Waals surface area contributed by atoms with Crippen molar-refractivity contribution in [3.63, 3.8) is 0 Å². The van der Waals surface area contributed by atoms with Gasteiger partial charge in [0.1, 0.15) is 5.75 Å². The molecule has 0 aliphatic carbocycles. The van der Waals surface area contributed by atoms with Crippen molar-refractivity contribution in [2.24, 2.45) is 5.73 Å². The lowest BCUT2D eigenvalue weighted by molar-refractivity contribution is -0.154. The number of benzene rings is 2. The predicted molar refractivity (Wildman–Crippen MR) is 105 cm³/mol. The number of hydrogen-bond acceptors (Lipinski definition) is 6. The van der Waals surface area contributed by atoms with E-state index in [0.717, 1.165) is 0 Å². The maximum Gasteiger partial charge on any atom is 0.347 e. The van der Waals surface area contributed by atoms with Crippen molar-refractivity contribution >= 4 is 23.5 Å². The van der Waals surface area contributed by atoms with Crippen LogP contribution >= 0.6 is 0 Å². The average molecular weight is 395 g/mol. The second kappa shape index (κ2) is 10.5. The summed E-state index contributed by atoms with van der Waals surface area (Å²) in [5, 5.41) is 8.79. The van der Waals surface area contributed by atoms with Crippen LogP contribution in [0.1, 0.15) is 18.9 Å². The number of anilines is 1. The number of hydrogen-bond donors (Lipinski definition) is 1. The first-order valence-electron chi connectivity index (χ1n) is 8.88. The van der Waals surface area contributed by atoms with Crippen LogP contribution in [-0.4, -0.2) is 37.0 Å². The molecule has 2 amide bonds. The van der Waals surface area contributed by atoms with Gasteiger partial charge in [-0.15, -0.1) is 0 Å². The Labute approximate surface area is 168 Å². The summed E-state index contributed by atoms with van der Waals surface area (Å²) in [6.45, 7) is 1.06. The Morgan fingerprint density at radius 2 is 1.76 bits per heavy atom. The highest BCUT2D eigenvalue weighted by molar-refractivity contribution is 5.96. The number of nitrogens with two attached hydrogens (primary N) is 1. The molecule has 0 aliphatic heterocycles. The number of ether oxygens (including phenoxy) is 2. The number of esters is 1. The average Bonchev–Trinajstić information content (AvgIpc) is 2.73. The number of primary amides is 1. The number of carbonyl (C=O) groups excluding carboxylic acids is 3. The predicted octanol–water partition coefficient (Wildman–Crippen LogP) is 1.78. The van der Waals surface area contributed by atoms with Gasteiger partial charge >= 0.3 is 5.97 Å². The van der Waals surface area contributed by atoms with E-state index in [4.69, 9.17) is 20.5 Å². The van der Waals surface area contributed by atoms with Gasteiger partial charge in [-0.25, -0.2) is 4.79 Å². The Kier molecular flexibility index (Phi) is 7.74. The van der Waals surface area contributed by atoms with Gasteiger partial charge < -0.3 is 20.1 Å². The Hall–Kier alpha value is -3.86. The summed E-state index contributed by atoms with van der Waals surface area (Å²) in [4.78, 5) is 37.1. The zero-order valence-corrected chi connectivity index (χ0v) is 15.9. The number of para-hydroxylation sites is 1. The maximum atomic E-state index is 12.5. The molecule has 0 heterocycles. The van der Waals surface area contributed by atoms with Crippen molar-refractivity contribution in [2.75, 3.05) is 18.1 Å². The third kappa shape index (κ3) is 6.66. The van der Waals surface area contributed by atoms with Crippen molar-refractivity contribution < 1.29 is 23.9 Å². The Bertz CT molecular complexity index is 891. The van der Waals surface area contributed by atoms with E-state index in [1.54, 1.807) is 54.6 Å². The lowest BCUT2D eigenvalue weighted by atomic mass is 10.2. The summed E-state index contributed by atoms with van der Waals surface area (Å²) in [5.41, 5.74) is 6.21. The van der Waals surface area contributed by atoms with Crippen LogP contribution in [0, 0.1) is 11.3 Å². The summed E-state index contributed by atoms with van der Waals surface area (Å²) in [6, 6.07) is 16.9. The normalized spacial score (nSPS) is 11.0. The molecule has 0 saturated carbocycles. The molecule has 2 aromatic rings. The largest absolute Gasteiger partial charge is 0.479 e. The molecule has 29 heavy (non-hydrogen) atoms. The molecule has 0 fully saturated rings. The van der Waals surface area contributed by atoms with Crippen LogP contribution in [0.4, 0.5) is 5.69 Å². The van der Waals surface area contributed by atoms with Gasteiger partial charge in [0, 0.05) is 18.7 Å². The number of nitrogens with zero attached hydrogens (tertiary/aromatic N) is 2. The zero-order valence-electron chi connectivity index (χ0n) is 15.9. The molecule has 8 nitrogen and oxygen atoms in total. The highest BCUT2D eigenvalue weighted by Gasteiger charge is 2.21. The summed E-state index contributed by atoms with van der Waals surface area (Å²) in [7, 11) is 0. The smallest absolute Gasteiger partial charge is 0.347 e. The lowest BCUT2D eigenvalue weighted by Crippen LogP contribution is -2.38. The minimum Gasteiger partial charge on any atom is -0.479 e. The molecule has 0 aliphatic rings. The summed E-state index contributed by atoms with van der Waals surface area (Å²) in [5.74, 6) is -1.35. The minimum atomic E-state index is -0.952. The third-order valence-corrected chi connectivity index (χ3v) is 3.92. The molecule has 0 saturated heterocycles. The molecule has 2 rings (SSSR count). The Balaban J connectivity index is 1.94. The van der Waals surface area contributed by atoms with Gasteiger partial charge in [-0.1, -0.05) is 18.2 Å².